The van der Waals surface area contributed by atoms with Crippen LogP contribution in [0.3, 0.4) is 0 Å². The van der Waals surface area contributed by atoms with Gasteiger partial charge < -0.3 is 4.98 Å². The lowest BCUT2D eigenvalue weighted by atomic mass is 10.0. The average Bonchev–Trinajstić information content (AvgIpc) is 2.13. The first kappa shape index (κ1) is 12.7. The summed E-state index contributed by atoms with van der Waals surface area (Å²) in [6.07, 6.45) is 0.898. The van der Waals surface area contributed by atoms with Crippen molar-refractivity contribution in [3.8, 4) is 0 Å². The third kappa shape index (κ3) is 2.43. The second kappa shape index (κ2) is 4.28. The van der Waals surface area contributed by atoms with E-state index in [1.165, 1.54) is 10.6 Å². The van der Waals surface area contributed by atoms with Gasteiger partial charge in [-0.05, 0) is 33.1 Å². The molecule has 0 aromatic carbocycles. The van der Waals surface area contributed by atoms with E-state index in [0.717, 1.165) is 12.1 Å². The SMILES string of the molecule is CC[C@H](C)c1cc(=O)n(C(C)(C)C)c(=O)[nH]1. The van der Waals surface area contributed by atoms with Crippen molar-refractivity contribution in [3.63, 3.8) is 0 Å². The molecule has 0 bridgehead atoms. The maximum Gasteiger partial charge on any atom is 0.329 e. The normalized spacial score (nSPS) is 13.8. The predicted molar refractivity (Wildman–Crippen MR) is 65.0 cm³/mol. The summed E-state index contributed by atoms with van der Waals surface area (Å²) >= 11 is 0. The summed E-state index contributed by atoms with van der Waals surface area (Å²) in [6.45, 7) is 9.54. The molecule has 0 saturated heterocycles. The summed E-state index contributed by atoms with van der Waals surface area (Å²) in [6, 6.07) is 1.53. The highest BCUT2D eigenvalue weighted by molar-refractivity contribution is 5.06. The molecule has 16 heavy (non-hydrogen) atoms. The second-order valence-corrected chi connectivity index (χ2v) is 5.18. The van der Waals surface area contributed by atoms with Gasteiger partial charge in [0.05, 0.1) is 0 Å². The highest BCUT2D eigenvalue weighted by atomic mass is 16.2. The largest absolute Gasteiger partial charge is 0.329 e. The Labute approximate surface area is 95.3 Å². The van der Waals surface area contributed by atoms with Crippen LogP contribution in [-0.2, 0) is 5.54 Å². The molecule has 1 heterocycles. The Morgan fingerprint density at radius 3 is 2.31 bits per heavy atom. The van der Waals surface area contributed by atoms with Crippen molar-refractivity contribution >= 4 is 0 Å². The van der Waals surface area contributed by atoms with E-state index in [9.17, 15) is 9.59 Å². The summed E-state index contributed by atoms with van der Waals surface area (Å²) in [5.74, 6) is 0.204. The summed E-state index contributed by atoms with van der Waals surface area (Å²) in [7, 11) is 0. The van der Waals surface area contributed by atoms with Crippen molar-refractivity contribution in [2.24, 2.45) is 0 Å². The van der Waals surface area contributed by atoms with E-state index in [2.05, 4.69) is 4.98 Å². The average molecular weight is 224 g/mol. The quantitative estimate of drug-likeness (QED) is 0.832. The van der Waals surface area contributed by atoms with E-state index in [1.54, 1.807) is 0 Å². The van der Waals surface area contributed by atoms with Crippen molar-refractivity contribution in [3.05, 3.63) is 32.6 Å². The lowest BCUT2D eigenvalue weighted by Crippen LogP contribution is -2.45. The Balaban J connectivity index is 3.41. The van der Waals surface area contributed by atoms with Gasteiger partial charge in [-0.15, -0.1) is 0 Å². The van der Waals surface area contributed by atoms with E-state index in [0.29, 0.717) is 0 Å². The number of H-pyrrole nitrogens is 1. The van der Waals surface area contributed by atoms with Gasteiger partial charge in [0.15, 0.2) is 0 Å². The van der Waals surface area contributed by atoms with Gasteiger partial charge in [-0.1, -0.05) is 13.8 Å². The molecule has 1 aromatic heterocycles. The Bertz CT molecular complexity index is 446. The van der Waals surface area contributed by atoms with E-state index in [1.807, 2.05) is 34.6 Å². The molecule has 1 rings (SSSR count). The third-order valence-electron chi connectivity index (χ3n) is 2.77. The van der Waals surface area contributed by atoms with Gasteiger partial charge in [0.25, 0.3) is 5.56 Å². The van der Waals surface area contributed by atoms with Crippen LogP contribution >= 0.6 is 0 Å². The molecule has 90 valence electrons. The monoisotopic (exact) mass is 224 g/mol. The van der Waals surface area contributed by atoms with Crippen LogP contribution in [0.1, 0.15) is 52.7 Å². The lowest BCUT2D eigenvalue weighted by Gasteiger charge is -2.21. The minimum Gasteiger partial charge on any atom is -0.311 e. The number of nitrogens with zero attached hydrogens (tertiary/aromatic N) is 1. The van der Waals surface area contributed by atoms with Gasteiger partial charge in [0, 0.05) is 17.3 Å². The first-order chi connectivity index (χ1) is 7.27. The molecule has 1 atom stereocenters. The lowest BCUT2D eigenvalue weighted by molar-refractivity contribution is 0.364. The fourth-order valence-electron chi connectivity index (χ4n) is 1.63. The molecule has 0 spiro atoms. The highest BCUT2D eigenvalue weighted by Crippen LogP contribution is 2.14. The fraction of sp³-hybridized carbons (Fsp3) is 0.667. The van der Waals surface area contributed by atoms with Gasteiger partial charge in [0.1, 0.15) is 0 Å². The topological polar surface area (TPSA) is 54.9 Å². The molecule has 1 N–H and O–H groups in total. The first-order valence-corrected chi connectivity index (χ1v) is 5.64. The van der Waals surface area contributed by atoms with E-state index < -0.39 is 5.54 Å². The summed E-state index contributed by atoms with van der Waals surface area (Å²) in [5.41, 5.74) is -0.321. The molecule has 0 aliphatic rings. The van der Waals surface area contributed by atoms with E-state index in [-0.39, 0.29) is 17.2 Å². The molecule has 0 unspecified atom stereocenters. The number of hydrogen-bond acceptors (Lipinski definition) is 2. The van der Waals surface area contributed by atoms with E-state index in [4.69, 9.17) is 0 Å². The minimum absolute atomic E-state index is 0.204. The van der Waals surface area contributed by atoms with Gasteiger partial charge in [-0.2, -0.15) is 0 Å². The molecule has 0 aliphatic carbocycles. The molecule has 1 aromatic rings. The van der Waals surface area contributed by atoms with Crippen LogP contribution < -0.4 is 11.2 Å². The Kier molecular flexibility index (Phi) is 3.41. The fourth-order valence-corrected chi connectivity index (χ4v) is 1.63. The van der Waals surface area contributed by atoms with Crippen LogP contribution in [0.15, 0.2) is 15.7 Å². The number of aromatic amines is 1. The Hall–Kier alpha value is -1.32. The zero-order chi connectivity index (χ0) is 12.5. The van der Waals surface area contributed by atoms with Gasteiger partial charge in [-0.25, -0.2) is 4.79 Å². The molecule has 4 heteroatoms. The van der Waals surface area contributed by atoms with Crippen molar-refractivity contribution < 1.29 is 0 Å². The zero-order valence-corrected chi connectivity index (χ0v) is 10.6. The van der Waals surface area contributed by atoms with Crippen molar-refractivity contribution in [1.82, 2.24) is 9.55 Å². The van der Waals surface area contributed by atoms with Crippen molar-refractivity contribution in [2.75, 3.05) is 0 Å². The van der Waals surface area contributed by atoms with Crippen LogP contribution in [0.25, 0.3) is 0 Å². The van der Waals surface area contributed by atoms with Crippen LogP contribution in [-0.4, -0.2) is 9.55 Å². The van der Waals surface area contributed by atoms with Crippen LogP contribution in [0, 0.1) is 0 Å². The minimum atomic E-state index is -0.487. The maximum atomic E-state index is 11.9. The van der Waals surface area contributed by atoms with Gasteiger partial charge in [-0.3, -0.25) is 9.36 Å². The Morgan fingerprint density at radius 2 is 1.94 bits per heavy atom. The number of aromatic nitrogens is 2. The second-order valence-electron chi connectivity index (χ2n) is 5.18. The molecule has 0 fully saturated rings. The van der Waals surface area contributed by atoms with E-state index >= 15 is 0 Å². The smallest absolute Gasteiger partial charge is 0.311 e. The summed E-state index contributed by atoms with van der Waals surface area (Å²) < 4.78 is 1.25. The standard InChI is InChI=1S/C12H20N2O2/c1-6-8(2)9-7-10(15)14(11(16)13-9)12(3,4)5/h7-8H,6H2,1-5H3,(H,13,16)/t8-/m0/s1. The molecular weight excluding hydrogens is 204 g/mol. The Morgan fingerprint density at radius 1 is 1.38 bits per heavy atom. The third-order valence-corrected chi connectivity index (χ3v) is 2.77. The number of hydrogen-bond donors (Lipinski definition) is 1. The van der Waals surface area contributed by atoms with Crippen molar-refractivity contribution in [2.45, 2.75) is 52.5 Å². The maximum absolute atomic E-state index is 11.9. The van der Waals surface area contributed by atoms with Crippen LogP contribution in [0.2, 0.25) is 0 Å². The van der Waals surface area contributed by atoms with Gasteiger partial charge >= 0.3 is 5.69 Å². The van der Waals surface area contributed by atoms with Gasteiger partial charge in [0.2, 0.25) is 0 Å². The molecule has 0 saturated carbocycles. The van der Waals surface area contributed by atoms with Crippen molar-refractivity contribution in [1.29, 1.82) is 0 Å². The number of nitrogens with one attached hydrogen (secondary N) is 1. The molecule has 0 aliphatic heterocycles. The summed E-state index contributed by atoms with van der Waals surface area (Å²) in [4.78, 5) is 26.5. The predicted octanol–water partition coefficient (Wildman–Crippen LogP) is 1.81. The molecule has 0 amide bonds. The first-order valence-electron chi connectivity index (χ1n) is 5.64. The molecule has 4 nitrogen and oxygen atoms in total. The van der Waals surface area contributed by atoms with Crippen LogP contribution in [0.5, 0.6) is 0 Å². The number of rotatable bonds is 2. The van der Waals surface area contributed by atoms with Crippen LogP contribution in [0.4, 0.5) is 0 Å². The summed E-state index contributed by atoms with van der Waals surface area (Å²) in [5, 5.41) is 0. The molecule has 0 radical (unpaired) electrons. The molecular formula is C12H20N2O2. The zero-order valence-electron chi connectivity index (χ0n) is 10.6. The highest BCUT2D eigenvalue weighted by Gasteiger charge is 2.19.